The van der Waals surface area contributed by atoms with E-state index in [0.29, 0.717) is 11.3 Å². The highest BCUT2D eigenvalue weighted by Crippen LogP contribution is 2.28. The Bertz CT molecular complexity index is 288. The lowest BCUT2D eigenvalue weighted by atomic mass is 10.1. The van der Waals surface area contributed by atoms with Crippen molar-refractivity contribution in [1.29, 1.82) is 0 Å². The maximum Gasteiger partial charge on any atom is 0.125 e. The first-order chi connectivity index (χ1) is 6.19. The van der Waals surface area contributed by atoms with E-state index in [-0.39, 0.29) is 6.61 Å². The predicted molar refractivity (Wildman–Crippen MR) is 52.7 cm³/mol. The molecule has 2 N–H and O–H groups in total. The molecule has 0 heterocycles. The molecule has 0 spiro atoms. The molecule has 3 nitrogen and oxygen atoms in total. The average molecular weight is 247 g/mol. The zero-order valence-corrected chi connectivity index (χ0v) is 8.78. The summed E-state index contributed by atoms with van der Waals surface area (Å²) in [6.07, 6.45) is -0.886. The maximum absolute atomic E-state index is 9.39. The van der Waals surface area contributed by atoms with Crippen molar-refractivity contribution < 1.29 is 14.9 Å². The van der Waals surface area contributed by atoms with Gasteiger partial charge in [0.15, 0.2) is 0 Å². The number of aliphatic hydroxyl groups excluding tert-OH is 2. The lowest BCUT2D eigenvalue weighted by Gasteiger charge is -2.12. The highest BCUT2D eigenvalue weighted by Gasteiger charge is 2.11. The molecule has 0 amide bonds. The molecular formula is C9H11BrO3. The van der Waals surface area contributed by atoms with E-state index in [1.807, 2.05) is 0 Å². The summed E-state index contributed by atoms with van der Waals surface area (Å²) in [5.41, 5.74) is 0.591. The summed E-state index contributed by atoms with van der Waals surface area (Å²) < 4.78 is 5.92. The summed E-state index contributed by atoms with van der Waals surface area (Å²) in [4.78, 5) is 0. The van der Waals surface area contributed by atoms with Gasteiger partial charge in [-0.3, -0.25) is 0 Å². The predicted octanol–water partition coefficient (Wildman–Crippen LogP) is 1.48. The minimum absolute atomic E-state index is 0.308. The molecule has 0 radical (unpaired) electrons. The molecule has 1 atom stereocenters. The Morgan fingerprint density at radius 2 is 2.23 bits per heavy atom. The van der Waals surface area contributed by atoms with Crippen LogP contribution in [0.25, 0.3) is 0 Å². The van der Waals surface area contributed by atoms with Crippen LogP contribution in [0.4, 0.5) is 0 Å². The van der Waals surface area contributed by atoms with Crippen molar-refractivity contribution in [3.8, 4) is 5.75 Å². The molecule has 0 fully saturated rings. The molecule has 1 aromatic carbocycles. The van der Waals surface area contributed by atoms with Crippen LogP contribution in [0.2, 0.25) is 0 Å². The second-order valence-corrected chi connectivity index (χ2v) is 3.50. The average Bonchev–Trinajstić information content (AvgIpc) is 2.16. The third-order valence-corrected chi connectivity index (χ3v) is 2.22. The second kappa shape index (κ2) is 4.60. The minimum Gasteiger partial charge on any atom is -0.496 e. The fraction of sp³-hybridized carbons (Fsp3) is 0.333. The lowest BCUT2D eigenvalue weighted by Crippen LogP contribution is -2.04. The first kappa shape index (κ1) is 10.5. The molecule has 0 saturated carbocycles. The molecule has 4 heteroatoms. The van der Waals surface area contributed by atoms with Crippen LogP contribution >= 0.6 is 15.9 Å². The highest BCUT2D eigenvalue weighted by atomic mass is 79.9. The largest absolute Gasteiger partial charge is 0.496 e. The smallest absolute Gasteiger partial charge is 0.125 e. The normalized spacial score (nSPS) is 12.6. The van der Waals surface area contributed by atoms with Crippen molar-refractivity contribution in [1.82, 2.24) is 0 Å². The van der Waals surface area contributed by atoms with Gasteiger partial charge in [0, 0.05) is 10.0 Å². The van der Waals surface area contributed by atoms with Gasteiger partial charge in [0.05, 0.1) is 13.7 Å². The van der Waals surface area contributed by atoms with Crippen molar-refractivity contribution in [2.75, 3.05) is 13.7 Å². The Hall–Kier alpha value is -0.580. The molecular weight excluding hydrogens is 236 g/mol. The maximum atomic E-state index is 9.39. The summed E-state index contributed by atoms with van der Waals surface area (Å²) in [5.74, 6) is 0.566. The molecule has 1 unspecified atom stereocenters. The molecule has 0 saturated heterocycles. The van der Waals surface area contributed by atoms with Gasteiger partial charge in [-0.15, -0.1) is 0 Å². The number of benzene rings is 1. The highest BCUT2D eigenvalue weighted by molar-refractivity contribution is 9.10. The van der Waals surface area contributed by atoms with Crippen LogP contribution in [0, 0.1) is 0 Å². The molecule has 1 aromatic rings. The van der Waals surface area contributed by atoms with Crippen LogP contribution in [0.1, 0.15) is 11.7 Å². The van der Waals surface area contributed by atoms with Gasteiger partial charge in [-0.05, 0) is 12.1 Å². The lowest BCUT2D eigenvalue weighted by molar-refractivity contribution is 0.0933. The fourth-order valence-corrected chi connectivity index (χ4v) is 1.40. The van der Waals surface area contributed by atoms with Gasteiger partial charge >= 0.3 is 0 Å². The van der Waals surface area contributed by atoms with Crippen LogP contribution < -0.4 is 4.74 Å². The van der Waals surface area contributed by atoms with Crippen molar-refractivity contribution >= 4 is 15.9 Å². The number of halogens is 1. The number of methoxy groups -OCH3 is 1. The van der Waals surface area contributed by atoms with Crippen molar-refractivity contribution in [3.05, 3.63) is 28.2 Å². The molecule has 13 heavy (non-hydrogen) atoms. The number of ether oxygens (including phenoxy) is 1. The van der Waals surface area contributed by atoms with Crippen molar-refractivity contribution in [3.63, 3.8) is 0 Å². The van der Waals surface area contributed by atoms with Gasteiger partial charge in [-0.25, -0.2) is 0 Å². The van der Waals surface area contributed by atoms with Gasteiger partial charge < -0.3 is 14.9 Å². The van der Waals surface area contributed by atoms with E-state index in [9.17, 15) is 5.11 Å². The number of aliphatic hydroxyl groups is 2. The molecule has 0 aliphatic heterocycles. The molecule has 1 rings (SSSR count). The van der Waals surface area contributed by atoms with E-state index in [2.05, 4.69) is 15.9 Å². The summed E-state index contributed by atoms with van der Waals surface area (Å²) in [7, 11) is 1.52. The van der Waals surface area contributed by atoms with E-state index in [1.165, 1.54) is 7.11 Å². The summed E-state index contributed by atoms with van der Waals surface area (Å²) >= 11 is 3.28. The number of rotatable bonds is 3. The van der Waals surface area contributed by atoms with Crippen LogP contribution in [0.15, 0.2) is 22.7 Å². The molecule has 0 aliphatic carbocycles. The Morgan fingerprint density at radius 1 is 1.54 bits per heavy atom. The van der Waals surface area contributed by atoms with E-state index in [0.717, 1.165) is 4.47 Å². The van der Waals surface area contributed by atoms with E-state index in [4.69, 9.17) is 9.84 Å². The summed E-state index contributed by atoms with van der Waals surface area (Å²) in [6, 6.07) is 5.24. The third kappa shape index (κ3) is 2.43. The number of hydrogen-bond donors (Lipinski definition) is 2. The molecule has 0 bridgehead atoms. The summed E-state index contributed by atoms with van der Waals surface area (Å²) in [5, 5.41) is 18.1. The van der Waals surface area contributed by atoms with E-state index >= 15 is 0 Å². The van der Waals surface area contributed by atoms with E-state index in [1.54, 1.807) is 18.2 Å². The molecule has 0 aliphatic rings. The Balaban J connectivity index is 3.05. The van der Waals surface area contributed by atoms with E-state index < -0.39 is 6.10 Å². The monoisotopic (exact) mass is 246 g/mol. The van der Waals surface area contributed by atoms with Gasteiger partial charge in [-0.1, -0.05) is 22.0 Å². The topological polar surface area (TPSA) is 49.7 Å². The standard InChI is InChI=1S/C9H11BrO3/c1-13-9-4-6(10)2-3-7(9)8(12)5-11/h2-4,8,11-12H,5H2,1H3. The van der Waals surface area contributed by atoms with Crippen molar-refractivity contribution in [2.24, 2.45) is 0 Å². The van der Waals surface area contributed by atoms with Crippen LogP contribution in [0.5, 0.6) is 5.75 Å². The molecule has 0 aromatic heterocycles. The van der Waals surface area contributed by atoms with Gasteiger partial charge in [0.2, 0.25) is 0 Å². The minimum atomic E-state index is -0.886. The van der Waals surface area contributed by atoms with Crippen molar-refractivity contribution in [2.45, 2.75) is 6.10 Å². The first-order valence-electron chi connectivity index (χ1n) is 3.81. The number of hydrogen-bond acceptors (Lipinski definition) is 3. The van der Waals surface area contributed by atoms with Crippen LogP contribution in [-0.4, -0.2) is 23.9 Å². The zero-order chi connectivity index (χ0) is 9.84. The fourth-order valence-electron chi connectivity index (χ4n) is 1.06. The Kier molecular flexibility index (Phi) is 3.71. The molecule has 72 valence electrons. The van der Waals surface area contributed by atoms with Gasteiger partial charge in [-0.2, -0.15) is 0 Å². The quantitative estimate of drug-likeness (QED) is 0.850. The van der Waals surface area contributed by atoms with Crippen LogP contribution in [0.3, 0.4) is 0 Å². The zero-order valence-electron chi connectivity index (χ0n) is 7.20. The van der Waals surface area contributed by atoms with Gasteiger partial charge in [0.25, 0.3) is 0 Å². The van der Waals surface area contributed by atoms with Gasteiger partial charge in [0.1, 0.15) is 11.9 Å². The first-order valence-corrected chi connectivity index (χ1v) is 4.60. The Morgan fingerprint density at radius 3 is 2.77 bits per heavy atom. The third-order valence-electron chi connectivity index (χ3n) is 1.73. The Labute approximate surface area is 85.1 Å². The SMILES string of the molecule is COc1cc(Br)ccc1C(O)CO. The van der Waals surface area contributed by atoms with Crippen LogP contribution in [-0.2, 0) is 0 Å². The second-order valence-electron chi connectivity index (χ2n) is 2.58. The summed E-state index contributed by atoms with van der Waals surface area (Å²) in [6.45, 7) is -0.308.